The summed E-state index contributed by atoms with van der Waals surface area (Å²) in [5.74, 6) is -0.122. The van der Waals surface area contributed by atoms with Crippen LogP contribution in [0.5, 0.6) is 0 Å². The van der Waals surface area contributed by atoms with Crippen LogP contribution >= 0.6 is 0 Å². The molecule has 4 heteroatoms. The van der Waals surface area contributed by atoms with Crippen molar-refractivity contribution in [1.82, 2.24) is 10.6 Å². The molecule has 0 radical (unpaired) electrons. The van der Waals surface area contributed by atoms with Gasteiger partial charge in [0.15, 0.2) is 0 Å². The lowest BCUT2D eigenvalue weighted by Gasteiger charge is -2.28. The van der Waals surface area contributed by atoms with E-state index in [2.05, 4.69) is 15.4 Å². The van der Waals surface area contributed by atoms with Crippen molar-refractivity contribution in [2.75, 3.05) is 26.7 Å². The fraction of sp³-hybridized carbons (Fsp3) is 0.875. The van der Waals surface area contributed by atoms with Gasteiger partial charge in [-0.15, -0.1) is 0 Å². The summed E-state index contributed by atoms with van der Waals surface area (Å²) in [6, 6.07) is 0.614. The quantitative estimate of drug-likeness (QED) is 0.433. The fourth-order valence-corrected chi connectivity index (χ4v) is 1.07. The van der Waals surface area contributed by atoms with Crippen molar-refractivity contribution < 1.29 is 9.53 Å². The molecule has 1 saturated heterocycles. The molecule has 0 unspecified atom stereocenters. The van der Waals surface area contributed by atoms with Crippen LogP contribution in [-0.2, 0) is 9.53 Å². The van der Waals surface area contributed by atoms with Crippen LogP contribution in [0.4, 0.5) is 0 Å². The van der Waals surface area contributed by atoms with Crippen LogP contribution in [0.2, 0.25) is 0 Å². The maximum Gasteiger partial charge on any atom is 0.305 e. The number of ether oxygens (including phenoxy) is 1. The van der Waals surface area contributed by atoms with E-state index in [-0.39, 0.29) is 5.97 Å². The third-order valence-corrected chi connectivity index (χ3v) is 2.00. The second-order valence-electron chi connectivity index (χ2n) is 2.99. The molecule has 1 fully saturated rings. The summed E-state index contributed by atoms with van der Waals surface area (Å²) in [6.07, 6.45) is 1.38. The molecule has 12 heavy (non-hydrogen) atoms. The largest absolute Gasteiger partial charge is 0.469 e. The number of hydrogen-bond acceptors (Lipinski definition) is 4. The number of nitrogens with one attached hydrogen (secondary N) is 2. The minimum Gasteiger partial charge on any atom is -0.469 e. The summed E-state index contributed by atoms with van der Waals surface area (Å²) in [7, 11) is 1.42. The van der Waals surface area contributed by atoms with E-state index in [1.807, 2.05) is 0 Å². The Morgan fingerprint density at radius 3 is 2.92 bits per heavy atom. The molecule has 1 heterocycles. The molecule has 0 aliphatic carbocycles. The first kappa shape index (κ1) is 9.48. The standard InChI is InChI=1S/C8H16N2O2/c1-12-8(11)3-2-4-10-7-5-9-6-7/h7,9-10H,2-6H2,1H3. The molecule has 0 aromatic heterocycles. The Bertz CT molecular complexity index is 146. The predicted octanol–water partition coefficient (Wildman–Crippen LogP) is -0.499. The van der Waals surface area contributed by atoms with Crippen molar-refractivity contribution in [3.63, 3.8) is 0 Å². The summed E-state index contributed by atoms with van der Waals surface area (Å²) in [6.45, 7) is 3.01. The predicted molar refractivity (Wildman–Crippen MR) is 45.9 cm³/mol. The molecule has 0 aromatic rings. The SMILES string of the molecule is COC(=O)CCCNC1CNC1. The van der Waals surface area contributed by atoms with E-state index in [1.54, 1.807) is 0 Å². The molecule has 70 valence electrons. The van der Waals surface area contributed by atoms with Gasteiger partial charge >= 0.3 is 5.97 Å². The number of esters is 1. The summed E-state index contributed by atoms with van der Waals surface area (Å²) < 4.78 is 4.52. The monoisotopic (exact) mass is 172 g/mol. The molecule has 2 N–H and O–H groups in total. The third-order valence-electron chi connectivity index (χ3n) is 2.00. The van der Waals surface area contributed by atoms with Crippen LogP contribution in [0.25, 0.3) is 0 Å². The van der Waals surface area contributed by atoms with Crippen LogP contribution in [0, 0.1) is 0 Å². The molecular weight excluding hydrogens is 156 g/mol. The van der Waals surface area contributed by atoms with Gasteiger partial charge < -0.3 is 15.4 Å². The van der Waals surface area contributed by atoms with E-state index in [0.29, 0.717) is 12.5 Å². The first-order valence-electron chi connectivity index (χ1n) is 4.34. The van der Waals surface area contributed by atoms with Crippen LogP contribution in [0.1, 0.15) is 12.8 Å². The number of carbonyl (C=O) groups excluding carboxylic acids is 1. The number of methoxy groups -OCH3 is 1. The zero-order valence-electron chi connectivity index (χ0n) is 7.43. The van der Waals surface area contributed by atoms with Crippen molar-refractivity contribution in [2.24, 2.45) is 0 Å². The van der Waals surface area contributed by atoms with Crippen molar-refractivity contribution >= 4 is 5.97 Å². The second kappa shape index (κ2) is 5.11. The minimum absolute atomic E-state index is 0.122. The van der Waals surface area contributed by atoms with Gasteiger partial charge in [0.25, 0.3) is 0 Å². The van der Waals surface area contributed by atoms with Gasteiger partial charge in [-0.2, -0.15) is 0 Å². The molecule has 4 nitrogen and oxygen atoms in total. The summed E-state index contributed by atoms with van der Waals surface area (Å²) in [5.41, 5.74) is 0. The molecule has 0 aromatic carbocycles. The summed E-state index contributed by atoms with van der Waals surface area (Å²) in [4.78, 5) is 10.7. The molecular formula is C8H16N2O2. The number of rotatable bonds is 5. The zero-order valence-corrected chi connectivity index (χ0v) is 7.43. The van der Waals surface area contributed by atoms with Gasteiger partial charge in [-0.1, -0.05) is 0 Å². The van der Waals surface area contributed by atoms with Gasteiger partial charge in [-0.05, 0) is 13.0 Å². The topological polar surface area (TPSA) is 50.4 Å². The van der Waals surface area contributed by atoms with Crippen molar-refractivity contribution in [3.05, 3.63) is 0 Å². The lowest BCUT2D eigenvalue weighted by molar-refractivity contribution is -0.140. The summed E-state index contributed by atoms with van der Waals surface area (Å²) in [5, 5.41) is 6.50. The van der Waals surface area contributed by atoms with Crippen molar-refractivity contribution in [1.29, 1.82) is 0 Å². The Balaban J connectivity index is 1.85. The van der Waals surface area contributed by atoms with Gasteiger partial charge in [0, 0.05) is 25.6 Å². The van der Waals surface area contributed by atoms with Crippen LogP contribution < -0.4 is 10.6 Å². The van der Waals surface area contributed by atoms with E-state index < -0.39 is 0 Å². The van der Waals surface area contributed by atoms with Crippen LogP contribution in [0.3, 0.4) is 0 Å². The lowest BCUT2D eigenvalue weighted by atomic mass is 10.2. The third kappa shape index (κ3) is 3.19. The number of carbonyl (C=O) groups is 1. The van der Waals surface area contributed by atoms with Crippen molar-refractivity contribution in [2.45, 2.75) is 18.9 Å². The molecule has 0 bridgehead atoms. The van der Waals surface area contributed by atoms with E-state index in [0.717, 1.165) is 26.1 Å². The Morgan fingerprint density at radius 2 is 2.42 bits per heavy atom. The number of hydrogen-bond donors (Lipinski definition) is 2. The fourth-order valence-electron chi connectivity index (χ4n) is 1.07. The van der Waals surface area contributed by atoms with E-state index in [9.17, 15) is 4.79 Å². The van der Waals surface area contributed by atoms with Gasteiger partial charge in [-0.3, -0.25) is 4.79 Å². The Hall–Kier alpha value is -0.610. The van der Waals surface area contributed by atoms with E-state index in [1.165, 1.54) is 7.11 Å². The highest BCUT2D eigenvalue weighted by Crippen LogP contribution is 1.93. The minimum atomic E-state index is -0.122. The first-order valence-corrected chi connectivity index (χ1v) is 4.34. The Kier molecular flexibility index (Phi) is 4.04. The molecule has 0 atom stereocenters. The highest BCUT2D eigenvalue weighted by molar-refractivity contribution is 5.69. The average molecular weight is 172 g/mol. The highest BCUT2D eigenvalue weighted by atomic mass is 16.5. The summed E-state index contributed by atoms with van der Waals surface area (Å²) >= 11 is 0. The molecule has 0 saturated carbocycles. The molecule has 1 rings (SSSR count). The van der Waals surface area contributed by atoms with Gasteiger partial charge in [-0.25, -0.2) is 0 Å². The molecule has 1 aliphatic heterocycles. The Labute approximate surface area is 72.7 Å². The smallest absolute Gasteiger partial charge is 0.305 e. The maximum atomic E-state index is 10.7. The highest BCUT2D eigenvalue weighted by Gasteiger charge is 2.14. The zero-order chi connectivity index (χ0) is 8.81. The lowest BCUT2D eigenvalue weighted by Crippen LogP contribution is -2.55. The first-order chi connectivity index (χ1) is 5.83. The second-order valence-corrected chi connectivity index (χ2v) is 2.99. The van der Waals surface area contributed by atoms with E-state index in [4.69, 9.17) is 0 Å². The Morgan fingerprint density at radius 1 is 1.67 bits per heavy atom. The average Bonchev–Trinajstić information content (AvgIpc) is 2.00. The van der Waals surface area contributed by atoms with Gasteiger partial charge in [0.2, 0.25) is 0 Å². The van der Waals surface area contributed by atoms with E-state index >= 15 is 0 Å². The maximum absolute atomic E-state index is 10.7. The molecule has 1 aliphatic rings. The van der Waals surface area contributed by atoms with Gasteiger partial charge in [0.05, 0.1) is 7.11 Å². The van der Waals surface area contributed by atoms with Gasteiger partial charge in [0.1, 0.15) is 0 Å². The van der Waals surface area contributed by atoms with Crippen molar-refractivity contribution in [3.8, 4) is 0 Å². The van der Waals surface area contributed by atoms with Crippen LogP contribution in [-0.4, -0.2) is 38.8 Å². The molecule has 0 amide bonds. The van der Waals surface area contributed by atoms with Crippen LogP contribution in [0.15, 0.2) is 0 Å². The normalized spacial score (nSPS) is 17.1. The molecule has 0 spiro atoms.